The van der Waals surface area contributed by atoms with Gasteiger partial charge in [-0.25, -0.2) is 0 Å². The minimum absolute atomic E-state index is 0.0984. The fourth-order valence-corrected chi connectivity index (χ4v) is 2.25. The molecule has 18 heavy (non-hydrogen) atoms. The van der Waals surface area contributed by atoms with Crippen LogP contribution in [-0.2, 0) is 4.79 Å². The third kappa shape index (κ3) is 2.19. The summed E-state index contributed by atoms with van der Waals surface area (Å²) in [6.45, 7) is 4.79. The highest BCUT2D eigenvalue weighted by Crippen LogP contribution is 2.33. The molecule has 4 N–H and O–H groups in total. The Bertz CT molecular complexity index is 460. The quantitative estimate of drug-likeness (QED) is 0.739. The Hall–Kier alpha value is -1.59. The Morgan fingerprint density at radius 2 is 2.22 bits per heavy atom. The molecule has 1 aliphatic rings. The molecule has 2 rings (SSSR count). The standard InChI is InChI=1S/C13H19N3O2/c1-8(2)16(5-6-17)9-3-4-10-11(7-9)15-13(18)12(10)14/h3-4,7-8,12,17H,5-6,14H2,1-2H3,(H,15,18). The van der Waals surface area contributed by atoms with Crippen molar-refractivity contribution in [2.45, 2.75) is 25.9 Å². The molecule has 1 aromatic rings. The number of nitrogens with one attached hydrogen (secondary N) is 1. The number of hydrogen-bond acceptors (Lipinski definition) is 4. The van der Waals surface area contributed by atoms with Crippen molar-refractivity contribution in [3.8, 4) is 0 Å². The largest absolute Gasteiger partial charge is 0.395 e. The minimum atomic E-state index is -0.570. The summed E-state index contributed by atoms with van der Waals surface area (Å²) < 4.78 is 0. The summed E-state index contributed by atoms with van der Waals surface area (Å²) in [5.41, 5.74) is 8.35. The van der Waals surface area contributed by atoms with E-state index in [2.05, 4.69) is 24.1 Å². The van der Waals surface area contributed by atoms with Crippen molar-refractivity contribution in [1.82, 2.24) is 0 Å². The number of nitrogens with zero attached hydrogens (tertiary/aromatic N) is 1. The van der Waals surface area contributed by atoms with Gasteiger partial charge >= 0.3 is 0 Å². The van der Waals surface area contributed by atoms with Gasteiger partial charge in [-0.2, -0.15) is 0 Å². The van der Waals surface area contributed by atoms with E-state index in [0.29, 0.717) is 6.54 Å². The van der Waals surface area contributed by atoms with Crippen molar-refractivity contribution in [1.29, 1.82) is 0 Å². The fraction of sp³-hybridized carbons (Fsp3) is 0.462. The number of nitrogens with two attached hydrogens (primary N) is 1. The molecule has 5 nitrogen and oxygen atoms in total. The number of rotatable bonds is 4. The van der Waals surface area contributed by atoms with Gasteiger partial charge in [0.25, 0.3) is 0 Å². The predicted molar refractivity (Wildman–Crippen MR) is 71.6 cm³/mol. The molecule has 1 aliphatic heterocycles. The average molecular weight is 249 g/mol. The van der Waals surface area contributed by atoms with Gasteiger partial charge in [0.1, 0.15) is 6.04 Å². The minimum Gasteiger partial charge on any atom is -0.395 e. The van der Waals surface area contributed by atoms with E-state index in [1.807, 2.05) is 18.2 Å². The molecule has 0 fully saturated rings. The Balaban J connectivity index is 2.32. The van der Waals surface area contributed by atoms with Crippen molar-refractivity contribution in [3.63, 3.8) is 0 Å². The van der Waals surface area contributed by atoms with Crippen LogP contribution in [0.15, 0.2) is 18.2 Å². The van der Waals surface area contributed by atoms with Crippen LogP contribution < -0.4 is 16.0 Å². The van der Waals surface area contributed by atoms with E-state index in [1.165, 1.54) is 0 Å². The van der Waals surface area contributed by atoms with Crippen LogP contribution in [0.5, 0.6) is 0 Å². The summed E-state index contributed by atoms with van der Waals surface area (Å²) in [6, 6.07) is 5.44. The maximum atomic E-state index is 11.5. The van der Waals surface area contributed by atoms with Crippen LogP contribution in [0.4, 0.5) is 11.4 Å². The summed E-state index contributed by atoms with van der Waals surface area (Å²) in [4.78, 5) is 13.6. The van der Waals surface area contributed by atoms with Crippen molar-refractivity contribution in [2.75, 3.05) is 23.4 Å². The van der Waals surface area contributed by atoms with Gasteiger partial charge in [0.2, 0.25) is 5.91 Å². The van der Waals surface area contributed by atoms with Crippen molar-refractivity contribution >= 4 is 17.3 Å². The summed E-state index contributed by atoms with van der Waals surface area (Å²) in [5, 5.41) is 11.9. The molecule has 0 spiro atoms. The number of hydrogen-bond donors (Lipinski definition) is 3. The molecule has 1 unspecified atom stereocenters. The topological polar surface area (TPSA) is 78.6 Å². The van der Waals surface area contributed by atoms with E-state index in [-0.39, 0.29) is 18.6 Å². The summed E-state index contributed by atoms with van der Waals surface area (Å²) in [5.74, 6) is -0.166. The second kappa shape index (κ2) is 4.96. The molecular weight excluding hydrogens is 230 g/mol. The first-order valence-corrected chi connectivity index (χ1v) is 6.12. The number of fused-ring (bicyclic) bond motifs is 1. The number of aliphatic hydroxyl groups excluding tert-OH is 1. The molecule has 1 aromatic carbocycles. The molecule has 0 saturated carbocycles. The third-order valence-corrected chi connectivity index (χ3v) is 3.21. The highest BCUT2D eigenvalue weighted by Gasteiger charge is 2.27. The second-order valence-electron chi connectivity index (χ2n) is 4.75. The molecule has 1 atom stereocenters. The monoisotopic (exact) mass is 249 g/mol. The number of amides is 1. The predicted octanol–water partition coefficient (Wildman–Crippen LogP) is 0.846. The normalized spacial score (nSPS) is 17.8. The number of aliphatic hydroxyl groups is 1. The van der Waals surface area contributed by atoms with Crippen molar-refractivity contribution in [2.24, 2.45) is 5.73 Å². The van der Waals surface area contributed by atoms with Crippen LogP contribution in [0.3, 0.4) is 0 Å². The first-order valence-electron chi connectivity index (χ1n) is 6.12. The Morgan fingerprint density at radius 3 is 2.83 bits per heavy atom. The van der Waals surface area contributed by atoms with Crippen LogP contribution >= 0.6 is 0 Å². The van der Waals surface area contributed by atoms with Gasteiger partial charge in [-0.05, 0) is 26.0 Å². The van der Waals surface area contributed by atoms with Gasteiger partial charge in [-0.1, -0.05) is 6.07 Å². The fourth-order valence-electron chi connectivity index (χ4n) is 2.25. The molecule has 5 heteroatoms. The van der Waals surface area contributed by atoms with Crippen molar-refractivity contribution < 1.29 is 9.90 Å². The SMILES string of the molecule is CC(C)N(CCO)c1ccc2c(c1)NC(=O)C2N. The molecule has 0 saturated heterocycles. The number of benzene rings is 1. The van der Waals surface area contributed by atoms with Crippen LogP contribution in [0, 0.1) is 0 Å². The molecule has 1 amide bonds. The van der Waals surface area contributed by atoms with Crippen molar-refractivity contribution in [3.05, 3.63) is 23.8 Å². The number of anilines is 2. The third-order valence-electron chi connectivity index (χ3n) is 3.21. The Labute approximate surface area is 107 Å². The zero-order chi connectivity index (χ0) is 13.3. The highest BCUT2D eigenvalue weighted by molar-refractivity contribution is 6.02. The zero-order valence-corrected chi connectivity index (χ0v) is 10.7. The van der Waals surface area contributed by atoms with Gasteiger partial charge in [0.05, 0.1) is 6.61 Å². The van der Waals surface area contributed by atoms with E-state index < -0.39 is 6.04 Å². The van der Waals surface area contributed by atoms with Crippen LogP contribution in [0.2, 0.25) is 0 Å². The van der Waals surface area contributed by atoms with Gasteiger partial charge < -0.3 is 21.1 Å². The zero-order valence-electron chi connectivity index (χ0n) is 10.7. The van der Waals surface area contributed by atoms with E-state index in [0.717, 1.165) is 16.9 Å². The maximum absolute atomic E-state index is 11.5. The molecule has 0 aromatic heterocycles. The summed E-state index contributed by atoms with van der Waals surface area (Å²) in [6.07, 6.45) is 0. The number of carbonyl (C=O) groups is 1. The van der Waals surface area contributed by atoms with Crippen LogP contribution in [0.25, 0.3) is 0 Å². The molecular formula is C13H19N3O2. The van der Waals surface area contributed by atoms with Crippen LogP contribution in [0.1, 0.15) is 25.5 Å². The lowest BCUT2D eigenvalue weighted by molar-refractivity contribution is -0.116. The highest BCUT2D eigenvalue weighted by atomic mass is 16.3. The average Bonchev–Trinajstić information content (AvgIpc) is 2.61. The lowest BCUT2D eigenvalue weighted by Crippen LogP contribution is -2.33. The van der Waals surface area contributed by atoms with E-state index in [4.69, 9.17) is 10.8 Å². The molecule has 0 bridgehead atoms. The smallest absolute Gasteiger partial charge is 0.245 e. The molecule has 0 radical (unpaired) electrons. The second-order valence-corrected chi connectivity index (χ2v) is 4.75. The van der Waals surface area contributed by atoms with Gasteiger partial charge in [0, 0.05) is 29.5 Å². The van der Waals surface area contributed by atoms with Gasteiger partial charge in [-0.15, -0.1) is 0 Å². The lowest BCUT2D eigenvalue weighted by Gasteiger charge is -2.28. The number of carbonyl (C=O) groups excluding carboxylic acids is 1. The lowest BCUT2D eigenvalue weighted by atomic mass is 10.1. The maximum Gasteiger partial charge on any atom is 0.245 e. The molecule has 1 heterocycles. The first kappa shape index (κ1) is 12.9. The molecule has 0 aliphatic carbocycles. The summed E-state index contributed by atoms with van der Waals surface area (Å²) >= 11 is 0. The Kier molecular flexibility index (Phi) is 3.54. The van der Waals surface area contributed by atoms with Gasteiger partial charge in [-0.3, -0.25) is 4.79 Å². The van der Waals surface area contributed by atoms with E-state index >= 15 is 0 Å². The molecule has 98 valence electrons. The first-order chi connectivity index (χ1) is 8.54. The van der Waals surface area contributed by atoms with E-state index in [1.54, 1.807) is 0 Å². The van der Waals surface area contributed by atoms with Crippen LogP contribution in [-0.4, -0.2) is 30.2 Å². The Morgan fingerprint density at radius 1 is 1.50 bits per heavy atom. The van der Waals surface area contributed by atoms with Gasteiger partial charge in [0.15, 0.2) is 0 Å². The van der Waals surface area contributed by atoms with E-state index in [9.17, 15) is 4.79 Å². The summed E-state index contributed by atoms with van der Waals surface area (Å²) in [7, 11) is 0.